The molecule has 138 valence electrons. The second kappa shape index (κ2) is 6.72. The molecule has 1 heterocycles. The average Bonchev–Trinajstić information content (AvgIpc) is 3.01. The lowest BCUT2D eigenvalue weighted by atomic mass is 9.86. The summed E-state index contributed by atoms with van der Waals surface area (Å²) in [6.45, 7) is 8.03. The highest BCUT2D eigenvalue weighted by Crippen LogP contribution is 2.30. The lowest BCUT2D eigenvalue weighted by Crippen LogP contribution is -2.47. The van der Waals surface area contributed by atoms with E-state index in [1.807, 2.05) is 43.3 Å². The monoisotopic (exact) mass is 354 g/mol. The van der Waals surface area contributed by atoms with Gasteiger partial charge in [0.2, 0.25) is 5.91 Å². The molecule has 2 aromatic carbocycles. The van der Waals surface area contributed by atoms with Gasteiger partial charge in [-0.15, -0.1) is 0 Å². The van der Waals surface area contributed by atoms with Crippen LogP contribution in [0.15, 0.2) is 36.4 Å². The maximum Gasteiger partial charge on any atom is 0.251 e. The maximum atomic E-state index is 12.9. The van der Waals surface area contributed by atoms with Gasteiger partial charge < -0.3 is 4.74 Å². The van der Waals surface area contributed by atoms with Gasteiger partial charge >= 0.3 is 0 Å². The number of carbonyl (C=O) groups is 2. The number of ether oxygens (including phenoxy) is 1. The third-order valence-electron chi connectivity index (χ3n) is 5.12. The van der Waals surface area contributed by atoms with E-state index in [4.69, 9.17) is 4.74 Å². The van der Waals surface area contributed by atoms with Gasteiger partial charge in [-0.25, -0.2) is 10.4 Å². The molecule has 0 saturated carbocycles. The van der Waals surface area contributed by atoms with Gasteiger partial charge in [-0.2, -0.15) is 0 Å². The minimum Gasteiger partial charge on any atom is -0.497 e. The van der Waals surface area contributed by atoms with Gasteiger partial charge in [0.25, 0.3) is 5.91 Å². The van der Waals surface area contributed by atoms with Crippen LogP contribution in [0.2, 0.25) is 0 Å². The number of hydrazine groups is 1. The third kappa shape index (κ3) is 3.44. The highest BCUT2D eigenvalue weighted by molar-refractivity contribution is 5.99. The zero-order valence-electron chi connectivity index (χ0n) is 16.0. The number of amides is 2. The molecule has 0 radical (unpaired) electrons. The molecule has 1 aliphatic heterocycles. The quantitative estimate of drug-likeness (QED) is 0.914. The number of imide groups is 1. The second-order valence-corrected chi connectivity index (χ2v) is 8.01. The lowest BCUT2D eigenvalue weighted by molar-refractivity contribution is -0.145. The van der Waals surface area contributed by atoms with Crippen molar-refractivity contribution in [3.05, 3.63) is 42.0 Å². The summed E-state index contributed by atoms with van der Waals surface area (Å²) in [4.78, 5) is 25.2. The molecule has 0 spiro atoms. The Balaban J connectivity index is 1.82. The molecule has 0 aromatic heterocycles. The Hall–Kier alpha value is -2.40. The van der Waals surface area contributed by atoms with Crippen molar-refractivity contribution in [1.82, 2.24) is 10.4 Å². The summed E-state index contributed by atoms with van der Waals surface area (Å²) in [5, 5.41) is 3.30. The van der Waals surface area contributed by atoms with Crippen molar-refractivity contribution in [1.29, 1.82) is 0 Å². The van der Waals surface area contributed by atoms with Crippen LogP contribution in [0.5, 0.6) is 5.75 Å². The molecule has 1 saturated heterocycles. The first kappa shape index (κ1) is 18.4. The Bertz CT molecular complexity index is 854. The fraction of sp³-hybridized carbons (Fsp3) is 0.429. The predicted molar refractivity (Wildman–Crippen MR) is 102 cm³/mol. The van der Waals surface area contributed by atoms with E-state index in [0.29, 0.717) is 6.42 Å². The summed E-state index contributed by atoms with van der Waals surface area (Å²) in [5.41, 5.74) is 3.90. The molecule has 5 nitrogen and oxygen atoms in total. The maximum absolute atomic E-state index is 12.9. The Morgan fingerprint density at radius 3 is 2.46 bits per heavy atom. The summed E-state index contributed by atoms with van der Waals surface area (Å²) >= 11 is 0. The SMILES string of the molecule is COc1ccc2cc([C@H](C)C(=O)N3N[C@@H](C(C)(C)C)CC3=O)ccc2c1. The fourth-order valence-electron chi connectivity index (χ4n) is 3.20. The molecule has 2 amide bonds. The van der Waals surface area contributed by atoms with Crippen molar-refractivity contribution in [3.8, 4) is 5.75 Å². The van der Waals surface area contributed by atoms with Crippen molar-refractivity contribution in [2.75, 3.05) is 7.11 Å². The minimum atomic E-state index is -0.406. The average molecular weight is 354 g/mol. The van der Waals surface area contributed by atoms with Gasteiger partial charge in [-0.1, -0.05) is 45.0 Å². The zero-order chi connectivity index (χ0) is 19.1. The molecule has 1 fully saturated rings. The summed E-state index contributed by atoms with van der Waals surface area (Å²) < 4.78 is 5.25. The van der Waals surface area contributed by atoms with E-state index >= 15 is 0 Å². The van der Waals surface area contributed by atoms with E-state index < -0.39 is 5.92 Å². The number of hydrogen-bond donors (Lipinski definition) is 1. The molecule has 0 bridgehead atoms. The van der Waals surface area contributed by atoms with Gasteiger partial charge in [0.05, 0.1) is 13.0 Å². The highest BCUT2D eigenvalue weighted by atomic mass is 16.5. The van der Waals surface area contributed by atoms with Crippen molar-refractivity contribution in [3.63, 3.8) is 0 Å². The van der Waals surface area contributed by atoms with Crippen LogP contribution in [-0.4, -0.2) is 30.0 Å². The van der Waals surface area contributed by atoms with Crippen LogP contribution in [-0.2, 0) is 9.59 Å². The first-order chi connectivity index (χ1) is 12.2. The number of nitrogens with one attached hydrogen (secondary N) is 1. The predicted octanol–water partition coefficient (Wildman–Crippen LogP) is 3.63. The van der Waals surface area contributed by atoms with E-state index in [1.54, 1.807) is 7.11 Å². The van der Waals surface area contributed by atoms with E-state index in [-0.39, 0.29) is 23.3 Å². The molecule has 0 unspecified atom stereocenters. The Morgan fingerprint density at radius 2 is 1.85 bits per heavy atom. The van der Waals surface area contributed by atoms with Gasteiger partial charge in [0, 0.05) is 12.5 Å². The number of benzene rings is 2. The van der Waals surface area contributed by atoms with Crippen LogP contribution in [0, 0.1) is 5.41 Å². The van der Waals surface area contributed by atoms with E-state index in [0.717, 1.165) is 22.1 Å². The molecular weight excluding hydrogens is 328 g/mol. The lowest BCUT2D eigenvalue weighted by Gasteiger charge is -2.27. The van der Waals surface area contributed by atoms with Crippen LogP contribution in [0.3, 0.4) is 0 Å². The van der Waals surface area contributed by atoms with Crippen LogP contribution in [0.1, 0.15) is 45.6 Å². The standard InChI is InChI=1S/C21H26N2O3/c1-13(20(25)23-19(24)12-18(22-23)21(2,3)4)14-6-7-16-11-17(26-5)9-8-15(16)10-14/h6-11,13,18,22H,12H2,1-5H3/t13-,18+/m0/s1. The molecule has 26 heavy (non-hydrogen) atoms. The van der Waals surface area contributed by atoms with E-state index in [2.05, 4.69) is 26.2 Å². The molecule has 5 heteroatoms. The topological polar surface area (TPSA) is 58.6 Å². The van der Waals surface area contributed by atoms with Gasteiger partial charge in [0.15, 0.2) is 0 Å². The third-order valence-corrected chi connectivity index (χ3v) is 5.12. The summed E-state index contributed by atoms with van der Waals surface area (Å²) in [6.07, 6.45) is 0.347. The van der Waals surface area contributed by atoms with Gasteiger partial charge in [-0.05, 0) is 40.8 Å². The summed E-state index contributed by atoms with van der Waals surface area (Å²) in [5.74, 6) is 0.0213. The number of nitrogens with zero attached hydrogens (tertiary/aromatic N) is 1. The summed E-state index contributed by atoms with van der Waals surface area (Å²) in [6, 6.07) is 11.7. The van der Waals surface area contributed by atoms with Crippen LogP contribution >= 0.6 is 0 Å². The van der Waals surface area contributed by atoms with Crippen LogP contribution in [0.25, 0.3) is 10.8 Å². The number of carbonyl (C=O) groups excluding carboxylic acids is 2. The normalized spacial score (nSPS) is 19.0. The van der Waals surface area contributed by atoms with Crippen molar-refractivity contribution in [2.45, 2.75) is 46.1 Å². The first-order valence-electron chi connectivity index (χ1n) is 8.91. The van der Waals surface area contributed by atoms with Crippen LogP contribution in [0.4, 0.5) is 0 Å². The highest BCUT2D eigenvalue weighted by Gasteiger charge is 2.40. The molecule has 3 rings (SSSR count). The smallest absolute Gasteiger partial charge is 0.251 e. The Kier molecular flexibility index (Phi) is 4.76. The molecule has 2 atom stereocenters. The second-order valence-electron chi connectivity index (χ2n) is 8.01. The molecule has 1 N–H and O–H groups in total. The zero-order valence-corrected chi connectivity index (χ0v) is 16.0. The fourth-order valence-corrected chi connectivity index (χ4v) is 3.20. The van der Waals surface area contributed by atoms with Crippen molar-refractivity contribution < 1.29 is 14.3 Å². The van der Waals surface area contributed by atoms with Crippen molar-refractivity contribution >= 4 is 22.6 Å². The van der Waals surface area contributed by atoms with Crippen molar-refractivity contribution in [2.24, 2.45) is 5.41 Å². The Labute approximate surface area is 154 Å². The Morgan fingerprint density at radius 1 is 1.19 bits per heavy atom. The molecule has 1 aliphatic rings. The number of fused-ring (bicyclic) bond motifs is 1. The van der Waals surface area contributed by atoms with E-state index in [9.17, 15) is 9.59 Å². The van der Waals surface area contributed by atoms with E-state index in [1.165, 1.54) is 5.01 Å². The molecule has 0 aliphatic carbocycles. The minimum absolute atomic E-state index is 0.0322. The van der Waals surface area contributed by atoms with Gasteiger partial charge in [0.1, 0.15) is 5.75 Å². The first-order valence-corrected chi connectivity index (χ1v) is 8.91. The molecular formula is C21H26N2O3. The number of methoxy groups -OCH3 is 1. The van der Waals surface area contributed by atoms with Crippen LogP contribution < -0.4 is 10.2 Å². The number of hydrogen-bond acceptors (Lipinski definition) is 4. The largest absolute Gasteiger partial charge is 0.497 e. The number of rotatable bonds is 3. The van der Waals surface area contributed by atoms with Gasteiger partial charge in [-0.3, -0.25) is 9.59 Å². The molecule has 2 aromatic rings. The summed E-state index contributed by atoms with van der Waals surface area (Å²) in [7, 11) is 1.64.